The number of nitrogens with one attached hydrogen (secondary N) is 3. The van der Waals surface area contributed by atoms with Crippen LogP contribution in [-0.2, 0) is 14.8 Å². The Kier molecular flexibility index (Phi) is 7.02. The van der Waals surface area contributed by atoms with Gasteiger partial charge in [0, 0.05) is 32.4 Å². The monoisotopic (exact) mass is 393 g/mol. The van der Waals surface area contributed by atoms with Crippen LogP contribution in [0.5, 0.6) is 0 Å². The molecule has 2 aromatic rings. The number of amides is 1. The van der Waals surface area contributed by atoms with Crippen molar-refractivity contribution in [3.8, 4) is 0 Å². The summed E-state index contributed by atoms with van der Waals surface area (Å²) >= 11 is 0. The Balaban J connectivity index is 1.79. The van der Waals surface area contributed by atoms with Crippen molar-refractivity contribution in [2.24, 2.45) is 0 Å². The molecule has 10 nitrogen and oxygen atoms in total. The first-order valence-electron chi connectivity index (χ1n) is 8.17. The molecule has 2 heterocycles. The van der Waals surface area contributed by atoms with E-state index in [9.17, 15) is 13.2 Å². The van der Waals surface area contributed by atoms with Crippen LogP contribution in [0.1, 0.15) is 5.56 Å². The van der Waals surface area contributed by atoms with Crippen molar-refractivity contribution >= 4 is 33.4 Å². The molecule has 0 aliphatic carbocycles. The van der Waals surface area contributed by atoms with E-state index in [4.69, 9.17) is 0 Å². The summed E-state index contributed by atoms with van der Waals surface area (Å²) in [6.45, 7) is 2.50. The van der Waals surface area contributed by atoms with Crippen LogP contribution < -0.4 is 16.0 Å². The fourth-order valence-corrected chi connectivity index (χ4v) is 2.38. The number of pyridine rings is 1. The number of hydrogen-bond acceptors (Lipinski definition) is 8. The van der Waals surface area contributed by atoms with Crippen LogP contribution in [-0.4, -0.2) is 66.5 Å². The maximum atomic E-state index is 11.7. The van der Waals surface area contributed by atoms with Gasteiger partial charge in [-0.1, -0.05) is 0 Å². The second-order valence-corrected chi connectivity index (χ2v) is 8.02. The summed E-state index contributed by atoms with van der Waals surface area (Å²) in [5, 5.41) is 8.80. The highest BCUT2D eigenvalue weighted by atomic mass is 32.2. The number of aryl methyl sites for hydroxylation is 1. The molecule has 1 amide bonds. The molecule has 0 radical (unpaired) electrons. The van der Waals surface area contributed by atoms with Crippen LogP contribution in [0.4, 0.5) is 17.5 Å². The quantitative estimate of drug-likeness (QED) is 0.520. The SMILES string of the molecule is Cc1ccnc(Nc2cc(NCCNC(=O)CN(C)S(C)(=O)=O)ncn2)c1. The third-order valence-electron chi connectivity index (χ3n) is 3.52. The van der Waals surface area contributed by atoms with E-state index in [0.717, 1.165) is 16.1 Å². The molecule has 0 saturated heterocycles. The molecule has 2 rings (SSSR count). The zero-order valence-corrected chi connectivity index (χ0v) is 16.2. The Morgan fingerprint density at radius 2 is 1.81 bits per heavy atom. The van der Waals surface area contributed by atoms with E-state index in [1.165, 1.54) is 13.4 Å². The first kappa shape index (κ1) is 20.5. The summed E-state index contributed by atoms with van der Waals surface area (Å²) < 4.78 is 23.5. The number of anilines is 3. The summed E-state index contributed by atoms with van der Waals surface area (Å²) in [7, 11) is -2.02. The number of carbonyl (C=O) groups excluding carboxylic acids is 1. The summed E-state index contributed by atoms with van der Waals surface area (Å²) in [4.78, 5) is 24.2. The summed E-state index contributed by atoms with van der Waals surface area (Å²) in [5.74, 6) is 1.48. The minimum atomic E-state index is -3.38. The molecule has 0 fully saturated rings. The highest BCUT2D eigenvalue weighted by Crippen LogP contribution is 2.14. The molecule has 0 aliphatic rings. The highest BCUT2D eigenvalue weighted by molar-refractivity contribution is 7.88. The number of likely N-dealkylation sites (N-methyl/N-ethyl adjacent to an activating group) is 1. The van der Waals surface area contributed by atoms with E-state index in [2.05, 4.69) is 30.9 Å². The van der Waals surface area contributed by atoms with E-state index in [1.807, 2.05) is 19.1 Å². The first-order chi connectivity index (χ1) is 12.7. The van der Waals surface area contributed by atoms with Crippen molar-refractivity contribution in [2.75, 3.05) is 43.6 Å². The summed E-state index contributed by atoms with van der Waals surface area (Å²) in [6.07, 6.45) is 4.18. The Morgan fingerprint density at radius 1 is 1.11 bits per heavy atom. The topological polar surface area (TPSA) is 129 Å². The van der Waals surface area contributed by atoms with Crippen molar-refractivity contribution in [3.63, 3.8) is 0 Å². The van der Waals surface area contributed by atoms with Crippen LogP contribution in [0.15, 0.2) is 30.7 Å². The first-order valence-corrected chi connectivity index (χ1v) is 10.0. The predicted molar refractivity (Wildman–Crippen MR) is 103 cm³/mol. The zero-order chi connectivity index (χ0) is 19.9. The smallest absolute Gasteiger partial charge is 0.235 e. The lowest BCUT2D eigenvalue weighted by Gasteiger charge is -2.14. The van der Waals surface area contributed by atoms with Crippen LogP contribution >= 0.6 is 0 Å². The minimum absolute atomic E-state index is 0.218. The molecule has 3 N–H and O–H groups in total. The maximum Gasteiger partial charge on any atom is 0.235 e. The molecule has 2 aromatic heterocycles. The summed E-state index contributed by atoms with van der Waals surface area (Å²) in [6, 6.07) is 5.53. The molecular formula is C16H23N7O3S. The standard InChI is InChI=1S/C16H23N7O3S/c1-12-4-5-17-14(8-12)22-15-9-13(20-11-21-15)18-6-7-19-16(24)10-23(2)27(3,25)26/h4-5,8-9,11H,6-7,10H2,1-3H3,(H,19,24)(H2,17,18,20,21,22). The third kappa shape index (κ3) is 7.15. The fraction of sp³-hybridized carbons (Fsp3) is 0.375. The molecule has 0 bridgehead atoms. The lowest BCUT2D eigenvalue weighted by atomic mass is 10.3. The molecule has 146 valence electrons. The maximum absolute atomic E-state index is 11.7. The van der Waals surface area contributed by atoms with Crippen molar-refractivity contribution in [2.45, 2.75) is 6.92 Å². The number of hydrogen-bond donors (Lipinski definition) is 3. The Hall–Kier alpha value is -2.79. The Labute approximate surface area is 158 Å². The van der Waals surface area contributed by atoms with Gasteiger partial charge in [-0.15, -0.1) is 0 Å². The zero-order valence-electron chi connectivity index (χ0n) is 15.4. The van der Waals surface area contributed by atoms with Gasteiger partial charge in [0.15, 0.2) is 0 Å². The van der Waals surface area contributed by atoms with Gasteiger partial charge >= 0.3 is 0 Å². The molecule has 0 atom stereocenters. The Bertz CT molecular complexity index is 889. The van der Waals surface area contributed by atoms with Gasteiger partial charge in [-0.25, -0.2) is 23.4 Å². The molecule has 0 unspecified atom stereocenters. The molecule has 0 saturated carbocycles. The van der Waals surface area contributed by atoms with Gasteiger partial charge in [-0.3, -0.25) is 4.79 Å². The number of nitrogens with zero attached hydrogens (tertiary/aromatic N) is 4. The van der Waals surface area contributed by atoms with Gasteiger partial charge in [0.1, 0.15) is 23.8 Å². The molecule has 27 heavy (non-hydrogen) atoms. The lowest BCUT2D eigenvalue weighted by molar-refractivity contribution is -0.121. The summed E-state index contributed by atoms with van der Waals surface area (Å²) in [5.41, 5.74) is 1.08. The minimum Gasteiger partial charge on any atom is -0.368 e. The van der Waals surface area contributed by atoms with Gasteiger partial charge in [0.25, 0.3) is 0 Å². The van der Waals surface area contributed by atoms with Crippen molar-refractivity contribution < 1.29 is 13.2 Å². The van der Waals surface area contributed by atoms with Crippen molar-refractivity contribution in [1.29, 1.82) is 0 Å². The van der Waals surface area contributed by atoms with E-state index in [0.29, 0.717) is 30.5 Å². The molecule has 0 aliphatic heterocycles. The fourth-order valence-electron chi connectivity index (χ4n) is 2.03. The van der Waals surface area contributed by atoms with Crippen LogP contribution in [0, 0.1) is 6.92 Å². The van der Waals surface area contributed by atoms with Crippen LogP contribution in [0.25, 0.3) is 0 Å². The number of carbonyl (C=O) groups is 1. The third-order valence-corrected chi connectivity index (χ3v) is 4.79. The molecule has 0 spiro atoms. The van der Waals surface area contributed by atoms with Crippen LogP contribution in [0.3, 0.4) is 0 Å². The van der Waals surface area contributed by atoms with Gasteiger partial charge in [0.05, 0.1) is 12.8 Å². The van der Waals surface area contributed by atoms with E-state index in [1.54, 1.807) is 12.3 Å². The highest BCUT2D eigenvalue weighted by Gasteiger charge is 2.14. The average Bonchev–Trinajstić information content (AvgIpc) is 2.58. The second-order valence-electron chi connectivity index (χ2n) is 5.93. The lowest BCUT2D eigenvalue weighted by Crippen LogP contribution is -2.39. The van der Waals surface area contributed by atoms with E-state index >= 15 is 0 Å². The van der Waals surface area contributed by atoms with Crippen molar-refractivity contribution in [1.82, 2.24) is 24.6 Å². The van der Waals surface area contributed by atoms with Gasteiger partial charge < -0.3 is 16.0 Å². The average molecular weight is 393 g/mol. The number of rotatable bonds is 9. The van der Waals surface area contributed by atoms with Gasteiger partial charge in [0.2, 0.25) is 15.9 Å². The molecular weight excluding hydrogens is 370 g/mol. The molecule has 0 aromatic carbocycles. The number of sulfonamides is 1. The largest absolute Gasteiger partial charge is 0.368 e. The normalized spacial score (nSPS) is 11.3. The van der Waals surface area contributed by atoms with Gasteiger partial charge in [-0.2, -0.15) is 4.31 Å². The van der Waals surface area contributed by atoms with Crippen molar-refractivity contribution in [3.05, 3.63) is 36.3 Å². The van der Waals surface area contributed by atoms with Gasteiger partial charge in [-0.05, 0) is 24.6 Å². The predicted octanol–water partition coefficient (Wildman–Crippen LogP) is 0.343. The number of aromatic nitrogens is 3. The van der Waals surface area contributed by atoms with E-state index < -0.39 is 10.0 Å². The second kappa shape index (κ2) is 9.24. The Morgan fingerprint density at radius 3 is 2.52 bits per heavy atom. The van der Waals surface area contributed by atoms with Crippen LogP contribution in [0.2, 0.25) is 0 Å². The molecule has 11 heteroatoms. The van der Waals surface area contributed by atoms with E-state index in [-0.39, 0.29) is 12.5 Å².